The summed E-state index contributed by atoms with van der Waals surface area (Å²) in [5, 5.41) is 3.53. The van der Waals surface area contributed by atoms with Crippen LogP contribution in [0.2, 0.25) is 0 Å². The largest absolute Gasteiger partial charge is 0.352 e. The highest BCUT2D eigenvalue weighted by atomic mass is 19.1. The number of rotatable bonds is 4. The molecule has 1 amide bonds. The lowest BCUT2D eigenvalue weighted by molar-refractivity contribution is -0.0138. The minimum atomic E-state index is -0.590. The van der Waals surface area contributed by atoms with Crippen LogP contribution >= 0.6 is 0 Å². The van der Waals surface area contributed by atoms with E-state index in [0.717, 1.165) is 28.8 Å². The van der Waals surface area contributed by atoms with Crippen LogP contribution in [0.1, 0.15) is 27.2 Å². The molecule has 5 nitrogen and oxygen atoms in total. The fraction of sp³-hybridized carbons (Fsp3) is 0.286. The molecule has 1 saturated heterocycles. The summed E-state index contributed by atoms with van der Waals surface area (Å²) in [4.78, 5) is 12.4. The average Bonchev–Trinajstić information content (AvgIpc) is 3.42. The van der Waals surface area contributed by atoms with Gasteiger partial charge in [0.1, 0.15) is 12.4 Å². The third-order valence-electron chi connectivity index (χ3n) is 5.48. The number of fused-ring (bicyclic) bond motifs is 3. The van der Waals surface area contributed by atoms with Crippen molar-refractivity contribution >= 4 is 16.8 Å². The first-order valence-corrected chi connectivity index (χ1v) is 8.99. The molecule has 0 radical (unpaired) electrons. The van der Waals surface area contributed by atoms with Gasteiger partial charge in [-0.3, -0.25) is 4.79 Å². The number of epoxide rings is 1. The second kappa shape index (κ2) is 5.90. The molecule has 0 bridgehead atoms. The molecule has 1 aromatic heterocycles. The van der Waals surface area contributed by atoms with Crippen molar-refractivity contribution in [1.82, 2.24) is 9.88 Å². The molecule has 0 spiro atoms. The summed E-state index contributed by atoms with van der Waals surface area (Å²) in [5.74, 6) is -1.05. The zero-order valence-electron chi connectivity index (χ0n) is 14.9. The Kier molecular flexibility index (Phi) is 3.60. The summed E-state index contributed by atoms with van der Waals surface area (Å²) in [6.07, 6.45) is 0.732. The number of carbonyl (C=O) groups excluding carboxylic acids is 1. The average molecular weight is 366 g/mol. The number of aromatic nitrogens is 1. The maximum absolute atomic E-state index is 13.8. The van der Waals surface area contributed by atoms with E-state index in [4.69, 9.17) is 9.47 Å². The van der Waals surface area contributed by atoms with Crippen LogP contribution in [0.5, 0.6) is 0 Å². The molecule has 2 aliphatic heterocycles. The van der Waals surface area contributed by atoms with Gasteiger partial charge in [0, 0.05) is 48.8 Å². The number of hydrogen-bond acceptors (Lipinski definition) is 3. The van der Waals surface area contributed by atoms with E-state index in [2.05, 4.69) is 9.88 Å². The summed E-state index contributed by atoms with van der Waals surface area (Å²) in [5.41, 5.74) is 4.52. The zero-order chi connectivity index (χ0) is 18.6. The Morgan fingerprint density at radius 1 is 1.26 bits per heavy atom. The second-order valence-corrected chi connectivity index (χ2v) is 7.02. The van der Waals surface area contributed by atoms with E-state index in [0.29, 0.717) is 30.6 Å². The fourth-order valence-electron chi connectivity index (χ4n) is 3.97. The molecule has 138 valence electrons. The van der Waals surface area contributed by atoms with E-state index in [1.165, 1.54) is 12.1 Å². The molecule has 1 unspecified atom stereocenters. The number of methoxy groups -OCH3 is 1. The van der Waals surface area contributed by atoms with Gasteiger partial charge in [-0.1, -0.05) is 24.3 Å². The van der Waals surface area contributed by atoms with Crippen molar-refractivity contribution < 1.29 is 18.7 Å². The van der Waals surface area contributed by atoms with Gasteiger partial charge >= 0.3 is 0 Å². The van der Waals surface area contributed by atoms with Gasteiger partial charge in [0.2, 0.25) is 5.79 Å². The minimum Gasteiger partial charge on any atom is -0.352 e. The summed E-state index contributed by atoms with van der Waals surface area (Å²) in [7, 11) is 1.64. The fourth-order valence-corrected chi connectivity index (χ4v) is 3.97. The predicted molar refractivity (Wildman–Crippen MR) is 98.1 cm³/mol. The van der Waals surface area contributed by atoms with E-state index in [1.807, 2.05) is 24.3 Å². The van der Waals surface area contributed by atoms with Crippen molar-refractivity contribution in [3.63, 3.8) is 0 Å². The smallest absolute Gasteiger partial charge is 0.253 e. The molecule has 5 rings (SSSR count). The molecule has 1 atom stereocenters. The lowest BCUT2D eigenvalue weighted by Gasteiger charge is -2.17. The van der Waals surface area contributed by atoms with Crippen molar-refractivity contribution in [2.75, 3.05) is 20.3 Å². The third kappa shape index (κ3) is 2.56. The van der Waals surface area contributed by atoms with Gasteiger partial charge in [-0.05, 0) is 23.8 Å². The highest BCUT2D eigenvalue weighted by Gasteiger charge is 2.47. The van der Waals surface area contributed by atoms with Crippen LogP contribution in [0, 0.1) is 5.82 Å². The normalized spacial score (nSPS) is 21.2. The quantitative estimate of drug-likeness (QED) is 0.723. The van der Waals surface area contributed by atoms with Crippen LogP contribution in [0.4, 0.5) is 4.39 Å². The molecule has 1 fully saturated rings. The number of amides is 1. The van der Waals surface area contributed by atoms with Gasteiger partial charge in [0.15, 0.2) is 0 Å². The number of benzene rings is 2. The Bertz CT molecular complexity index is 1050. The Morgan fingerprint density at radius 3 is 2.74 bits per heavy atom. The van der Waals surface area contributed by atoms with Crippen LogP contribution in [0.3, 0.4) is 0 Å². The van der Waals surface area contributed by atoms with Crippen LogP contribution in [-0.2, 0) is 28.2 Å². The monoisotopic (exact) mass is 366 g/mol. The maximum Gasteiger partial charge on any atom is 0.253 e. The van der Waals surface area contributed by atoms with Crippen molar-refractivity contribution in [1.29, 1.82) is 0 Å². The van der Waals surface area contributed by atoms with Gasteiger partial charge in [-0.15, -0.1) is 0 Å². The molecule has 6 heteroatoms. The number of halogens is 1. The highest BCUT2D eigenvalue weighted by molar-refractivity contribution is 6.09. The lowest BCUT2D eigenvalue weighted by atomic mass is 10.1. The standard InChI is InChI=1S/C21H19FN2O3/c1-26-21(12-27-21)14-4-2-13(3-5-14)11-24-17-7-6-15(22)10-16(17)19-18(24)8-9-23-20(19)25/h2-7,10H,8-9,11-12H2,1H3,(H,23,25). The van der Waals surface area contributed by atoms with Gasteiger partial charge in [-0.2, -0.15) is 0 Å². The molecule has 2 aliphatic rings. The first-order valence-electron chi connectivity index (χ1n) is 8.99. The molecule has 0 aliphatic carbocycles. The predicted octanol–water partition coefficient (Wildman–Crippen LogP) is 2.94. The lowest BCUT2D eigenvalue weighted by Crippen LogP contribution is -2.32. The zero-order valence-corrected chi connectivity index (χ0v) is 14.9. The third-order valence-corrected chi connectivity index (χ3v) is 5.48. The van der Waals surface area contributed by atoms with E-state index < -0.39 is 5.79 Å². The molecule has 27 heavy (non-hydrogen) atoms. The first-order chi connectivity index (χ1) is 13.1. The van der Waals surface area contributed by atoms with Gasteiger partial charge in [0.25, 0.3) is 5.91 Å². The number of hydrogen-bond donors (Lipinski definition) is 1. The van der Waals surface area contributed by atoms with Crippen LogP contribution in [-0.4, -0.2) is 30.7 Å². The summed E-state index contributed by atoms with van der Waals surface area (Å²) >= 11 is 0. The van der Waals surface area contributed by atoms with E-state index in [1.54, 1.807) is 13.2 Å². The van der Waals surface area contributed by atoms with Crippen molar-refractivity contribution in [3.05, 3.63) is 70.7 Å². The van der Waals surface area contributed by atoms with Crippen LogP contribution in [0.25, 0.3) is 10.9 Å². The van der Waals surface area contributed by atoms with E-state index in [9.17, 15) is 9.18 Å². The highest BCUT2D eigenvalue weighted by Crippen LogP contribution is 2.39. The number of nitrogens with zero attached hydrogens (tertiary/aromatic N) is 1. The van der Waals surface area contributed by atoms with Gasteiger partial charge in [-0.25, -0.2) is 4.39 Å². The van der Waals surface area contributed by atoms with E-state index >= 15 is 0 Å². The topological polar surface area (TPSA) is 55.8 Å². The molecule has 0 saturated carbocycles. The summed E-state index contributed by atoms with van der Waals surface area (Å²) < 4.78 is 26.8. The Hall–Kier alpha value is -2.70. The van der Waals surface area contributed by atoms with Gasteiger partial charge < -0.3 is 19.4 Å². The minimum absolute atomic E-state index is 0.131. The number of ether oxygens (including phenoxy) is 2. The SMILES string of the molecule is COC1(c2ccc(Cn3c4c(c5cc(F)ccc53)C(=O)NCC4)cc2)CO1. The van der Waals surface area contributed by atoms with Crippen molar-refractivity contribution in [2.24, 2.45) is 0 Å². The summed E-state index contributed by atoms with van der Waals surface area (Å²) in [6, 6.07) is 12.8. The molecule has 2 aromatic carbocycles. The van der Waals surface area contributed by atoms with Gasteiger partial charge in [0.05, 0.1) is 5.56 Å². The second-order valence-electron chi connectivity index (χ2n) is 7.02. The Morgan fingerprint density at radius 2 is 2.04 bits per heavy atom. The van der Waals surface area contributed by atoms with E-state index in [-0.39, 0.29) is 11.7 Å². The molecular weight excluding hydrogens is 347 g/mol. The maximum atomic E-state index is 13.8. The Balaban J connectivity index is 1.56. The molecule has 3 heterocycles. The molecule has 1 N–H and O–H groups in total. The first kappa shape index (κ1) is 16.5. The van der Waals surface area contributed by atoms with Crippen LogP contribution < -0.4 is 5.32 Å². The summed E-state index contributed by atoms with van der Waals surface area (Å²) in [6.45, 7) is 1.78. The van der Waals surface area contributed by atoms with Crippen molar-refractivity contribution in [2.45, 2.75) is 18.8 Å². The number of carbonyl (C=O) groups is 1. The van der Waals surface area contributed by atoms with Crippen molar-refractivity contribution in [3.8, 4) is 0 Å². The Labute approximate surface area is 155 Å². The number of nitrogens with one attached hydrogen (secondary N) is 1. The van der Waals surface area contributed by atoms with Crippen LogP contribution in [0.15, 0.2) is 42.5 Å². The molecular formula is C21H19FN2O3. The molecule has 3 aromatic rings.